The third-order valence-corrected chi connectivity index (χ3v) is 6.52. The largest absolute Gasteiger partial charge is 0.308 e. The summed E-state index contributed by atoms with van der Waals surface area (Å²) in [6.45, 7) is 7.02. The van der Waals surface area contributed by atoms with E-state index in [1.165, 1.54) is 11.1 Å². The number of hydrogen-bond acceptors (Lipinski definition) is 4. The van der Waals surface area contributed by atoms with Gasteiger partial charge in [0.15, 0.2) is 5.82 Å². The topological polar surface area (TPSA) is 74.8 Å². The summed E-state index contributed by atoms with van der Waals surface area (Å²) in [7, 11) is 0. The van der Waals surface area contributed by atoms with Crippen LogP contribution >= 0.6 is 0 Å². The molecule has 33 heavy (non-hydrogen) atoms. The number of nitrogens with one attached hydrogen (secondary N) is 1. The van der Waals surface area contributed by atoms with Gasteiger partial charge in [-0.15, -0.1) is 5.10 Å². The molecule has 1 N–H and O–H groups in total. The highest BCUT2D eigenvalue weighted by Gasteiger charge is 2.36. The molecule has 0 unspecified atom stereocenters. The molecule has 6 nitrogen and oxygen atoms in total. The van der Waals surface area contributed by atoms with Crippen LogP contribution in [0.1, 0.15) is 43.9 Å². The quantitative estimate of drug-likeness (QED) is 0.459. The maximum atomic E-state index is 13.1. The number of carbonyl (C=O) groups excluding carboxylic acids is 1. The van der Waals surface area contributed by atoms with Gasteiger partial charge in [-0.25, -0.2) is 5.10 Å². The van der Waals surface area contributed by atoms with Crippen molar-refractivity contribution in [2.45, 2.75) is 45.6 Å². The first-order valence-corrected chi connectivity index (χ1v) is 11.3. The van der Waals surface area contributed by atoms with Crippen molar-refractivity contribution in [2.24, 2.45) is 0 Å². The fraction of sp³-hybridized carbons (Fsp3) is 0.259. The van der Waals surface area contributed by atoms with Crippen LogP contribution in [-0.2, 0) is 23.2 Å². The summed E-state index contributed by atoms with van der Waals surface area (Å²) in [6.07, 6.45) is 1.46. The van der Waals surface area contributed by atoms with Gasteiger partial charge in [0.1, 0.15) is 0 Å². The predicted octanol–water partition coefficient (Wildman–Crippen LogP) is 5.31. The Balaban J connectivity index is 1.46. The van der Waals surface area contributed by atoms with E-state index >= 15 is 0 Å². The first-order chi connectivity index (χ1) is 16.0. The van der Waals surface area contributed by atoms with Crippen molar-refractivity contribution in [3.05, 3.63) is 83.4 Å². The molecule has 0 bridgehead atoms. The molecule has 0 spiro atoms. The first kappa shape index (κ1) is 21.1. The van der Waals surface area contributed by atoms with Crippen molar-refractivity contribution in [3.8, 4) is 22.5 Å². The molecule has 2 heterocycles. The standard InChI is InChI=1S/C27H27N5O/c1-4-18-11-14-23-24(15-18)32(25(33)16-27(23,2)3)17-19-9-12-20(13-10-19)21-7-5-6-8-22(21)26-28-30-31-29-26/h5-15H,4,16-17H2,1-3H3,(H,28,29,30,31). The van der Waals surface area contributed by atoms with E-state index in [-0.39, 0.29) is 11.3 Å². The fourth-order valence-electron chi connectivity index (χ4n) is 4.66. The molecule has 166 valence electrons. The molecule has 4 aromatic rings. The number of aromatic nitrogens is 4. The molecule has 1 aliphatic heterocycles. The van der Waals surface area contributed by atoms with Gasteiger partial charge >= 0.3 is 0 Å². The molecule has 0 radical (unpaired) electrons. The van der Waals surface area contributed by atoms with E-state index in [9.17, 15) is 4.79 Å². The molecule has 1 amide bonds. The van der Waals surface area contributed by atoms with Gasteiger partial charge in [0.05, 0.1) is 6.54 Å². The molecule has 0 saturated carbocycles. The van der Waals surface area contributed by atoms with Gasteiger partial charge in [-0.05, 0) is 50.7 Å². The Hall–Kier alpha value is -3.80. The van der Waals surface area contributed by atoms with Gasteiger partial charge in [-0.1, -0.05) is 81.4 Å². The third kappa shape index (κ3) is 3.93. The summed E-state index contributed by atoms with van der Waals surface area (Å²) >= 11 is 0. The summed E-state index contributed by atoms with van der Waals surface area (Å²) in [4.78, 5) is 15.1. The molecule has 1 aromatic heterocycles. The Kier molecular flexibility index (Phi) is 5.29. The minimum absolute atomic E-state index is 0.154. The van der Waals surface area contributed by atoms with Crippen molar-refractivity contribution in [2.75, 3.05) is 4.90 Å². The number of anilines is 1. The van der Waals surface area contributed by atoms with Crippen molar-refractivity contribution < 1.29 is 4.79 Å². The van der Waals surface area contributed by atoms with Crippen molar-refractivity contribution in [3.63, 3.8) is 0 Å². The zero-order valence-corrected chi connectivity index (χ0v) is 19.2. The lowest BCUT2D eigenvalue weighted by atomic mass is 9.76. The van der Waals surface area contributed by atoms with E-state index in [0.29, 0.717) is 18.8 Å². The zero-order valence-electron chi connectivity index (χ0n) is 19.2. The molecular weight excluding hydrogens is 410 g/mol. The number of aryl methyl sites for hydroxylation is 1. The summed E-state index contributed by atoms with van der Waals surface area (Å²) in [6, 6.07) is 23.0. The third-order valence-electron chi connectivity index (χ3n) is 6.52. The number of carbonyl (C=O) groups is 1. The van der Waals surface area contributed by atoms with Crippen molar-refractivity contribution in [1.82, 2.24) is 20.6 Å². The van der Waals surface area contributed by atoms with Crippen LogP contribution < -0.4 is 4.90 Å². The number of tetrazole rings is 1. The van der Waals surface area contributed by atoms with E-state index in [1.807, 2.05) is 23.1 Å². The number of nitrogens with zero attached hydrogens (tertiary/aromatic N) is 4. The lowest BCUT2D eigenvalue weighted by molar-refractivity contribution is -0.120. The van der Waals surface area contributed by atoms with Crippen LogP contribution in [0.15, 0.2) is 66.7 Å². The number of H-pyrrole nitrogens is 1. The molecule has 1 aliphatic rings. The molecule has 0 saturated heterocycles. The van der Waals surface area contributed by atoms with Gasteiger partial charge < -0.3 is 4.90 Å². The van der Waals surface area contributed by atoms with Gasteiger partial charge in [0.25, 0.3) is 0 Å². The predicted molar refractivity (Wildman–Crippen MR) is 130 cm³/mol. The van der Waals surface area contributed by atoms with Gasteiger partial charge in [0, 0.05) is 23.1 Å². The van der Waals surface area contributed by atoms with Crippen LogP contribution in [0.25, 0.3) is 22.5 Å². The molecule has 0 aliphatic carbocycles. The van der Waals surface area contributed by atoms with Gasteiger partial charge in [-0.3, -0.25) is 4.79 Å². The van der Waals surface area contributed by atoms with Crippen LogP contribution in [0.3, 0.4) is 0 Å². The molecule has 0 atom stereocenters. The summed E-state index contributed by atoms with van der Waals surface area (Å²) in [5, 5.41) is 14.3. The second-order valence-electron chi connectivity index (χ2n) is 9.24. The van der Waals surface area contributed by atoms with Crippen molar-refractivity contribution >= 4 is 11.6 Å². The summed E-state index contributed by atoms with van der Waals surface area (Å²) in [5.74, 6) is 0.813. The van der Waals surface area contributed by atoms with Crippen LogP contribution in [0.2, 0.25) is 0 Å². The van der Waals surface area contributed by atoms with E-state index in [1.54, 1.807) is 0 Å². The number of benzene rings is 3. The second-order valence-corrected chi connectivity index (χ2v) is 9.24. The highest BCUT2D eigenvalue weighted by atomic mass is 16.2. The Morgan fingerprint density at radius 2 is 1.70 bits per heavy atom. The molecule has 5 rings (SSSR count). The van der Waals surface area contributed by atoms with Gasteiger partial charge in [0.2, 0.25) is 5.91 Å². The minimum atomic E-state index is -0.154. The average Bonchev–Trinajstić information content (AvgIpc) is 3.36. The van der Waals surface area contributed by atoms with Crippen LogP contribution in [0.5, 0.6) is 0 Å². The normalized spacial score (nSPS) is 14.9. The number of rotatable bonds is 5. The van der Waals surface area contributed by atoms with Gasteiger partial charge in [-0.2, -0.15) is 0 Å². The molecule has 0 fully saturated rings. The monoisotopic (exact) mass is 437 g/mol. The Morgan fingerprint density at radius 3 is 2.39 bits per heavy atom. The number of fused-ring (bicyclic) bond motifs is 1. The highest BCUT2D eigenvalue weighted by molar-refractivity contribution is 5.98. The van der Waals surface area contributed by atoms with E-state index in [4.69, 9.17) is 0 Å². The minimum Gasteiger partial charge on any atom is -0.308 e. The zero-order chi connectivity index (χ0) is 23.0. The first-order valence-electron chi connectivity index (χ1n) is 11.3. The smallest absolute Gasteiger partial charge is 0.228 e. The van der Waals surface area contributed by atoms with E-state index in [2.05, 4.69) is 89.9 Å². The molecular formula is C27H27N5O. The number of amides is 1. The Labute approximate surface area is 193 Å². The number of hydrogen-bond donors (Lipinski definition) is 1. The maximum Gasteiger partial charge on any atom is 0.228 e. The van der Waals surface area contributed by atoms with Crippen molar-refractivity contribution in [1.29, 1.82) is 0 Å². The van der Waals surface area contributed by atoms with Crippen LogP contribution in [0, 0.1) is 0 Å². The van der Waals surface area contributed by atoms with E-state index in [0.717, 1.165) is 34.4 Å². The van der Waals surface area contributed by atoms with E-state index < -0.39 is 0 Å². The summed E-state index contributed by atoms with van der Waals surface area (Å²) < 4.78 is 0. The average molecular weight is 438 g/mol. The lowest BCUT2D eigenvalue weighted by Crippen LogP contribution is -2.41. The SMILES string of the molecule is CCc1ccc2c(c1)N(Cc1ccc(-c3ccccc3-c3nnn[nH]3)cc1)C(=O)CC2(C)C. The number of aromatic amines is 1. The molecule has 3 aromatic carbocycles. The van der Waals surface area contributed by atoms with Crippen LogP contribution in [0.4, 0.5) is 5.69 Å². The highest BCUT2D eigenvalue weighted by Crippen LogP contribution is 2.41. The Morgan fingerprint density at radius 1 is 0.970 bits per heavy atom. The van der Waals surface area contributed by atoms with Crippen LogP contribution in [-0.4, -0.2) is 26.5 Å². The summed E-state index contributed by atoms with van der Waals surface area (Å²) in [5.41, 5.74) is 7.55. The second kappa shape index (κ2) is 8.28. The molecule has 6 heteroatoms. The lowest BCUT2D eigenvalue weighted by Gasteiger charge is -2.39. The maximum absolute atomic E-state index is 13.1. The fourth-order valence-corrected chi connectivity index (χ4v) is 4.66. The Bertz CT molecular complexity index is 1290.